The zero-order valence-corrected chi connectivity index (χ0v) is 30.2. The molecule has 53 heavy (non-hydrogen) atoms. The number of esters is 1. The lowest BCUT2D eigenvalue weighted by Gasteiger charge is -2.42. The van der Waals surface area contributed by atoms with Crippen molar-refractivity contribution in [3.8, 4) is 0 Å². The standard InChI is InChI=1S/C28H39F17N2O5Si/c1-14(2)16(47-17(48)15(3)46-19(50)52-20(4,5)6)18(49)51-11-13-53(7,8)12-9-10-21(29,30)22(31,32)23(33,34)24(35,36)25(37,38)26(39,40)27(41,42)28(43,44)45/h14-16H,9-13H2,1-8H3,(H,46,50)(H,47,48)/t15-,16-/m0/s1. The third-order valence-electron chi connectivity index (χ3n) is 7.50. The maximum Gasteiger partial charge on any atom is 0.460 e. The molecule has 0 unspecified atom stereocenters. The summed E-state index contributed by atoms with van der Waals surface area (Å²) in [6.07, 6.45) is -12.6. The monoisotopic (exact) mass is 834 g/mol. The molecule has 0 aliphatic heterocycles. The van der Waals surface area contributed by atoms with Crippen molar-refractivity contribution < 1.29 is 98.5 Å². The van der Waals surface area contributed by atoms with Crippen LogP contribution < -0.4 is 10.6 Å². The largest absolute Gasteiger partial charge is 0.464 e. The van der Waals surface area contributed by atoms with Gasteiger partial charge in [-0.15, -0.1) is 0 Å². The van der Waals surface area contributed by atoms with E-state index in [4.69, 9.17) is 9.47 Å². The summed E-state index contributed by atoms with van der Waals surface area (Å²) in [7, 11) is -3.00. The second kappa shape index (κ2) is 16.1. The number of ether oxygens (including phenoxy) is 2. The Morgan fingerprint density at radius 1 is 0.623 bits per heavy atom. The number of carbonyl (C=O) groups excluding carboxylic acids is 3. The number of carbonyl (C=O) groups is 3. The Labute approximate surface area is 293 Å². The highest BCUT2D eigenvalue weighted by molar-refractivity contribution is 6.77. The van der Waals surface area contributed by atoms with Crippen LogP contribution in [0, 0.1) is 5.92 Å². The highest BCUT2D eigenvalue weighted by Gasteiger charge is 2.95. The third-order valence-corrected chi connectivity index (χ3v) is 10.8. The van der Waals surface area contributed by atoms with Crippen molar-refractivity contribution in [1.82, 2.24) is 10.6 Å². The predicted octanol–water partition coefficient (Wildman–Crippen LogP) is 9.08. The van der Waals surface area contributed by atoms with Crippen molar-refractivity contribution in [2.24, 2.45) is 5.92 Å². The molecule has 2 amide bonds. The molecule has 0 saturated heterocycles. The first kappa shape index (κ1) is 50.2. The molecule has 0 saturated carbocycles. The molecule has 0 aromatic heterocycles. The van der Waals surface area contributed by atoms with Crippen LogP contribution in [-0.2, 0) is 19.1 Å². The van der Waals surface area contributed by atoms with Gasteiger partial charge < -0.3 is 20.1 Å². The van der Waals surface area contributed by atoms with Crippen molar-refractivity contribution in [2.45, 2.75) is 145 Å². The van der Waals surface area contributed by atoms with Crippen LogP contribution in [0.2, 0.25) is 25.2 Å². The average molecular weight is 835 g/mol. The van der Waals surface area contributed by atoms with Gasteiger partial charge >= 0.3 is 59.7 Å². The van der Waals surface area contributed by atoms with Gasteiger partial charge in [-0.2, -0.15) is 74.6 Å². The molecular formula is C28H39F17N2O5Si. The maximum atomic E-state index is 14.3. The lowest BCUT2D eigenvalue weighted by atomic mass is 9.88. The molecule has 0 rings (SSSR count). The van der Waals surface area contributed by atoms with Crippen molar-refractivity contribution in [2.75, 3.05) is 6.61 Å². The van der Waals surface area contributed by atoms with Gasteiger partial charge in [-0.1, -0.05) is 33.0 Å². The minimum atomic E-state index is -8.68. The molecule has 7 nitrogen and oxygen atoms in total. The van der Waals surface area contributed by atoms with Crippen LogP contribution in [0.4, 0.5) is 79.4 Å². The van der Waals surface area contributed by atoms with Crippen LogP contribution in [0.3, 0.4) is 0 Å². The first-order valence-corrected chi connectivity index (χ1v) is 18.7. The van der Waals surface area contributed by atoms with E-state index in [2.05, 4.69) is 10.6 Å². The summed E-state index contributed by atoms with van der Waals surface area (Å²) in [5, 5.41) is 4.57. The van der Waals surface area contributed by atoms with Crippen LogP contribution in [0.25, 0.3) is 0 Å². The molecule has 0 radical (unpaired) electrons. The van der Waals surface area contributed by atoms with E-state index >= 15 is 0 Å². The Kier molecular flexibility index (Phi) is 15.3. The molecule has 0 fully saturated rings. The number of alkyl carbamates (subject to hydrolysis) is 1. The molecule has 0 spiro atoms. The number of alkyl halides is 17. The molecule has 2 atom stereocenters. The third kappa shape index (κ3) is 10.9. The lowest BCUT2D eigenvalue weighted by Crippen LogP contribution is -2.74. The van der Waals surface area contributed by atoms with Crippen LogP contribution in [0.1, 0.15) is 54.4 Å². The van der Waals surface area contributed by atoms with Gasteiger partial charge in [-0.25, -0.2) is 9.59 Å². The van der Waals surface area contributed by atoms with E-state index in [-0.39, 0.29) is 6.04 Å². The van der Waals surface area contributed by atoms with Crippen molar-refractivity contribution >= 4 is 26.0 Å². The number of nitrogens with one attached hydrogen (secondary N) is 2. The van der Waals surface area contributed by atoms with Crippen LogP contribution in [-0.4, -0.2) is 98.0 Å². The minimum absolute atomic E-state index is 0.182. The maximum absolute atomic E-state index is 14.3. The van der Waals surface area contributed by atoms with Gasteiger partial charge in [0.05, 0.1) is 14.7 Å². The van der Waals surface area contributed by atoms with Gasteiger partial charge in [0.25, 0.3) is 0 Å². The molecule has 0 bridgehead atoms. The Morgan fingerprint density at radius 2 is 1.04 bits per heavy atom. The van der Waals surface area contributed by atoms with Crippen molar-refractivity contribution in [1.29, 1.82) is 0 Å². The van der Waals surface area contributed by atoms with E-state index in [0.29, 0.717) is 0 Å². The Balaban J connectivity index is 5.65. The fourth-order valence-electron chi connectivity index (χ4n) is 4.11. The number of halogens is 17. The number of hydrogen-bond donors (Lipinski definition) is 2. The first-order chi connectivity index (χ1) is 23.1. The second-order valence-electron chi connectivity index (χ2n) is 14.2. The SMILES string of the molecule is CC(C)[C@H](NC(=O)[C@H](C)NC(=O)OC(C)(C)C)C(=O)OCC[Si](C)(C)CCCC(F)(F)C(F)(F)C(F)(F)C(F)(F)C(F)(F)C(F)(F)C(F)(F)C(F)(F)F. The topological polar surface area (TPSA) is 93.7 Å². The van der Waals surface area contributed by atoms with Gasteiger partial charge in [0.2, 0.25) is 5.91 Å². The zero-order chi connectivity index (χ0) is 42.8. The summed E-state index contributed by atoms with van der Waals surface area (Å²) in [4.78, 5) is 37.1. The average Bonchev–Trinajstić information content (AvgIpc) is 2.92. The smallest absolute Gasteiger partial charge is 0.460 e. The Morgan fingerprint density at radius 3 is 1.43 bits per heavy atom. The molecule has 0 aliphatic rings. The van der Waals surface area contributed by atoms with E-state index in [1.165, 1.54) is 33.9 Å². The van der Waals surface area contributed by atoms with Gasteiger partial charge in [-0.05, 0) is 46.1 Å². The Bertz CT molecular complexity index is 1290. The lowest BCUT2D eigenvalue weighted by molar-refractivity contribution is -0.461. The molecule has 0 aromatic carbocycles. The van der Waals surface area contributed by atoms with E-state index in [9.17, 15) is 89.0 Å². The predicted molar refractivity (Wildman–Crippen MR) is 154 cm³/mol. The summed E-state index contributed by atoms with van der Waals surface area (Å²) in [6, 6.07) is -3.29. The number of hydrogen-bond acceptors (Lipinski definition) is 5. The second-order valence-corrected chi connectivity index (χ2v) is 19.5. The van der Waals surface area contributed by atoms with Crippen LogP contribution >= 0.6 is 0 Å². The van der Waals surface area contributed by atoms with Gasteiger partial charge in [0, 0.05) is 6.42 Å². The molecular weight excluding hydrogens is 795 g/mol. The molecule has 0 aliphatic carbocycles. The molecule has 0 aromatic rings. The Hall–Kier alpha value is -2.76. The van der Waals surface area contributed by atoms with E-state index < -0.39 is 123 Å². The molecule has 0 heterocycles. The highest BCUT2D eigenvalue weighted by Crippen LogP contribution is 2.64. The summed E-state index contributed by atoms with van der Waals surface area (Å²) in [6.45, 7) is 11.1. The fraction of sp³-hybridized carbons (Fsp3) is 0.893. The summed E-state index contributed by atoms with van der Waals surface area (Å²) < 4.78 is 240. The summed E-state index contributed by atoms with van der Waals surface area (Å²) >= 11 is 0. The van der Waals surface area contributed by atoms with Gasteiger partial charge in [-0.3, -0.25) is 4.79 Å². The summed E-state index contributed by atoms with van der Waals surface area (Å²) in [5.74, 6) is -59.1. The summed E-state index contributed by atoms with van der Waals surface area (Å²) in [5.41, 5.74) is -0.904. The van der Waals surface area contributed by atoms with Crippen LogP contribution in [0.15, 0.2) is 0 Å². The number of amides is 2. The zero-order valence-electron chi connectivity index (χ0n) is 29.2. The van der Waals surface area contributed by atoms with Crippen molar-refractivity contribution in [3.63, 3.8) is 0 Å². The fourth-order valence-corrected chi connectivity index (χ4v) is 6.15. The molecule has 2 N–H and O–H groups in total. The molecule has 25 heteroatoms. The first-order valence-electron chi connectivity index (χ1n) is 15.3. The van der Waals surface area contributed by atoms with E-state index in [0.717, 1.165) is 0 Å². The van der Waals surface area contributed by atoms with Gasteiger partial charge in [0.15, 0.2) is 0 Å². The quantitative estimate of drug-likeness (QED) is 0.0817. The minimum Gasteiger partial charge on any atom is -0.464 e. The van der Waals surface area contributed by atoms with E-state index in [1.807, 2.05) is 0 Å². The normalized spacial score (nSPS) is 15.9. The highest BCUT2D eigenvalue weighted by atomic mass is 28.3. The van der Waals surface area contributed by atoms with Crippen molar-refractivity contribution in [3.05, 3.63) is 0 Å². The van der Waals surface area contributed by atoms with Gasteiger partial charge in [0.1, 0.15) is 17.7 Å². The van der Waals surface area contributed by atoms with Crippen LogP contribution in [0.5, 0.6) is 0 Å². The van der Waals surface area contributed by atoms with E-state index in [1.54, 1.807) is 20.8 Å². The number of rotatable bonds is 18. The molecule has 314 valence electrons.